The molecule has 32 heavy (non-hydrogen) atoms. The van der Waals surface area contributed by atoms with Gasteiger partial charge in [-0.2, -0.15) is 0 Å². The van der Waals surface area contributed by atoms with Crippen LogP contribution >= 0.6 is 0 Å². The van der Waals surface area contributed by atoms with Crippen molar-refractivity contribution in [3.8, 4) is 0 Å². The number of hydrogen-bond donors (Lipinski definition) is 2. The highest BCUT2D eigenvalue weighted by Crippen LogP contribution is 2.29. The maximum atomic E-state index is 14.4. The molecule has 166 valence electrons. The van der Waals surface area contributed by atoms with Crippen LogP contribution in [-0.4, -0.2) is 45.4 Å². The van der Waals surface area contributed by atoms with E-state index in [1.165, 1.54) is 19.5 Å². The molecular formula is C23H26FN7O. The average Bonchev–Trinajstić information content (AvgIpc) is 3.21. The van der Waals surface area contributed by atoms with E-state index in [9.17, 15) is 9.18 Å². The minimum Gasteiger partial charge on any atom is -0.370 e. The maximum Gasteiger partial charge on any atom is 0.257 e. The molecule has 5 rings (SSSR count). The van der Waals surface area contributed by atoms with E-state index in [4.69, 9.17) is 0 Å². The Labute approximate surface area is 185 Å². The number of nitrogens with zero attached hydrogens (tertiary/aromatic N) is 5. The van der Waals surface area contributed by atoms with Gasteiger partial charge in [0.1, 0.15) is 11.0 Å². The molecule has 4 aromatic rings. The summed E-state index contributed by atoms with van der Waals surface area (Å²) in [7, 11) is 1.50. The van der Waals surface area contributed by atoms with E-state index < -0.39 is 5.82 Å². The number of nitrogens with two attached hydrogens (primary N) is 1. The monoisotopic (exact) mass is 435 g/mol. The Bertz CT molecular complexity index is 1260. The van der Waals surface area contributed by atoms with Gasteiger partial charge in [-0.3, -0.25) is 14.8 Å². The first-order valence-electron chi connectivity index (χ1n) is 10.6. The van der Waals surface area contributed by atoms with Gasteiger partial charge in [0, 0.05) is 43.9 Å². The second-order valence-electron chi connectivity index (χ2n) is 7.58. The van der Waals surface area contributed by atoms with Crippen LogP contribution in [0.3, 0.4) is 0 Å². The van der Waals surface area contributed by atoms with Crippen LogP contribution in [0, 0.1) is 12.7 Å². The van der Waals surface area contributed by atoms with Gasteiger partial charge in [-0.15, -0.1) is 0 Å². The average molecular weight is 436 g/mol. The van der Waals surface area contributed by atoms with Crippen LogP contribution in [0.5, 0.6) is 0 Å². The van der Waals surface area contributed by atoms with Crippen molar-refractivity contribution >= 4 is 34.0 Å². The Morgan fingerprint density at radius 2 is 1.78 bits per heavy atom. The first-order valence-corrected chi connectivity index (χ1v) is 10.6. The number of imidazole rings is 1. The number of benzene rings is 1. The predicted octanol–water partition coefficient (Wildman–Crippen LogP) is 3.54. The summed E-state index contributed by atoms with van der Waals surface area (Å²) in [6.45, 7) is 3.74. The quantitative estimate of drug-likeness (QED) is 0.510. The van der Waals surface area contributed by atoms with Crippen LogP contribution in [0.4, 0.5) is 15.8 Å². The highest BCUT2D eigenvalue weighted by Gasteiger charge is 2.20. The van der Waals surface area contributed by atoms with Crippen LogP contribution in [0.1, 0.15) is 35.3 Å². The number of halogens is 1. The first kappa shape index (κ1) is 21.6. The number of aromatic nitrogens is 4. The first-order chi connectivity index (χ1) is 15.6. The fourth-order valence-electron chi connectivity index (χ4n) is 4.06. The van der Waals surface area contributed by atoms with Crippen LogP contribution in [-0.2, 0) is 0 Å². The van der Waals surface area contributed by atoms with Gasteiger partial charge in [0.25, 0.3) is 5.91 Å². The van der Waals surface area contributed by atoms with E-state index in [1.807, 2.05) is 6.07 Å². The molecule has 0 radical (unpaired) electrons. The van der Waals surface area contributed by atoms with Gasteiger partial charge in [-0.1, -0.05) is 0 Å². The summed E-state index contributed by atoms with van der Waals surface area (Å²) < 4.78 is 15.9. The third kappa shape index (κ3) is 4.11. The fourth-order valence-corrected chi connectivity index (χ4v) is 4.06. The maximum absolute atomic E-state index is 14.4. The van der Waals surface area contributed by atoms with Gasteiger partial charge in [0.2, 0.25) is 0 Å². The van der Waals surface area contributed by atoms with Crippen LogP contribution in [0.25, 0.3) is 16.7 Å². The van der Waals surface area contributed by atoms with E-state index in [1.54, 1.807) is 42.2 Å². The molecule has 1 aliphatic rings. The molecule has 0 atom stereocenters. The predicted molar refractivity (Wildman–Crippen MR) is 124 cm³/mol. The smallest absolute Gasteiger partial charge is 0.257 e. The number of carbonyl (C=O) groups excluding carboxylic acids is 1. The molecule has 1 fully saturated rings. The van der Waals surface area contributed by atoms with Gasteiger partial charge in [-0.25, -0.2) is 9.37 Å². The Morgan fingerprint density at radius 1 is 1.06 bits per heavy atom. The number of pyridine rings is 1. The topological polar surface area (TPSA) is 101 Å². The van der Waals surface area contributed by atoms with Crippen LogP contribution in [0.15, 0.2) is 43.0 Å². The minimum atomic E-state index is -0.494. The zero-order valence-electron chi connectivity index (χ0n) is 18.2. The van der Waals surface area contributed by atoms with Gasteiger partial charge in [0.15, 0.2) is 11.5 Å². The van der Waals surface area contributed by atoms with Gasteiger partial charge in [-0.05, 0) is 45.4 Å². The molecule has 1 aliphatic heterocycles. The second kappa shape index (κ2) is 9.27. The van der Waals surface area contributed by atoms with Crippen molar-refractivity contribution in [2.24, 2.45) is 5.73 Å². The largest absolute Gasteiger partial charge is 0.370 e. The lowest BCUT2D eigenvalue weighted by atomic mass is 10.1. The Morgan fingerprint density at radius 3 is 2.53 bits per heavy atom. The molecule has 9 heteroatoms. The van der Waals surface area contributed by atoms with E-state index in [0.29, 0.717) is 28.0 Å². The summed E-state index contributed by atoms with van der Waals surface area (Å²) in [6.07, 6.45) is 10.1. The van der Waals surface area contributed by atoms with E-state index in [2.05, 4.69) is 30.9 Å². The molecule has 1 amide bonds. The number of aryl methyl sites for hydroxylation is 1. The van der Waals surface area contributed by atoms with E-state index in [-0.39, 0.29) is 11.6 Å². The number of nitrogens with one attached hydrogen (secondary N) is 1. The number of amides is 1. The Kier molecular flexibility index (Phi) is 6.27. The summed E-state index contributed by atoms with van der Waals surface area (Å²) in [6, 6.07) is 4.97. The second-order valence-corrected chi connectivity index (χ2v) is 7.58. The van der Waals surface area contributed by atoms with E-state index in [0.717, 1.165) is 31.6 Å². The van der Waals surface area contributed by atoms with Crippen molar-refractivity contribution in [2.45, 2.75) is 26.2 Å². The molecular weight excluding hydrogens is 409 g/mol. The summed E-state index contributed by atoms with van der Waals surface area (Å²) in [5.74, 6) is -0.854. The number of rotatable bonds is 3. The van der Waals surface area contributed by atoms with Crippen molar-refractivity contribution in [3.05, 3.63) is 60.1 Å². The number of piperidine rings is 1. The molecule has 3 aromatic heterocycles. The molecule has 0 saturated carbocycles. The number of carbonyl (C=O) groups is 1. The summed E-state index contributed by atoms with van der Waals surface area (Å²) in [5, 5.41) is 2.78. The number of hydrogen-bond acceptors (Lipinski definition) is 6. The lowest BCUT2D eigenvalue weighted by Gasteiger charge is -2.29. The fraction of sp³-hybridized carbons (Fsp3) is 0.304. The molecule has 1 saturated heterocycles. The molecule has 0 spiro atoms. The third-order valence-corrected chi connectivity index (χ3v) is 5.43. The molecule has 4 heterocycles. The standard InChI is InChI=1S/C22H21FN6O.CH5N/c1-14-12-29-13-15(11-17(23)21(29)26-14)27-22(30)16-5-6-18(28-9-3-2-4-10-28)20-19(16)24-7-8-25-20;1-2/h5-8,11-13H,2-4,9-10H2,1H3,(H,27,30);2H2,1H3. The molecule has 8 nitrogen and oxygen atoms in total. The van der Waals surface area contributed by atoms with Crippen molar-refractivity contribution < 1.29 is 9.18 Å². The number of anilines is 2. The summed E-state index contributed by atoms with van der Waals surface area (Å²) in [5.41, 5.74) is 8.42. The molecule has 3 N–H and O–H groups in total. The molecule has 0 unspecified atom stereocenters. The van der Waals surface area contributed by atoms with Crippen molar-refractivity contribution in [1.82, 2.24) is 19.4 Å². The van der Waals surface area contributed by atoms with E-state index >= 15 is 0 Å². The van der Waals surface area contributed by atoms with Crippen LogP contribution in [0.2, 0.25) is 0 Å². The Balaban J connectivity index is 0.00000119. The molecule has 1 aromatic carbocycles. The summed E-state index contributed by atoms with van der Waals surface area (Å²) in [4.78, 5) is 28.4. The third-order valence-electron chi connectivity index (χ3n) is 5.43. The highest BCUT2D eigenvalue weighted by molar-refractivity contribution is 6.13. The normalized spacial score (nSPS) is 13.7. The molecule has 0 bridgehead atoms. The van der Waals surface area contributed by atoms with Gasteiger partial charge >= 0.3 is 0 Å². The SMILES string of the molecule is CN.Cc1cn2cc(NC(=O)c3ccc(N4CCCCC4)c4nccnc34)cc(F)c2n1. The zero-order chi connectivity index (χ0) is 22.7. The van der Waals surface area contributed by atoms with Crippen LogP contribution < -0.4 is 16.0 Å². The van der Waals surface area contributed by atoms with Crippen molar-refractivity contribution in [3.63, 3.8) is 0 Å². The van der Waals surface area contributed by atoms with Gasteiger partial charge < -0.3 is 20.4 Å². The Hall–Kier alpha value is -3.59. The summed E-state index contributed by atoms with van der Waals surface area (Å²) >= 11 is 0. The van der Waals surface area contributed by atoms with Gasteiger partial charge in [0.05, 0.1) is 22.6 Å². The lowest BCUT2D eigenvalue weighted by Crippen LogP contribution is -2.29. The lowest BCUT2D eigenvalue weighted by molar-refractivity contribution is 0.102. The zero-order valence-corrected chi connectivity index (χ0v) is 18.2. The highest BCUT2D eigenvalue weighted by atomic mass is 19.1. The molecule has 0 aliphatic carbocycles. The number of fused-ring (bicyclic) bond motifs is 2. The minimum absolute atomic E-state index is 0.229. The van der Waals surface area contributed by atoms with Crippen molar-refractivity contribution in [2.75, 3.05) is 30.4 Å². The van der Waals surface area contributed by atoms with Crippen molar-refractivity contribution in [1.29, 1.82) is 0 Å².